The van der Waals surface area contributed by atoms with E-state index in [-0.39, 0.29) is 16.5 Å². The Hall–Kier alpha value is -0.460. The van der Waals surface area contributed by atoms with Crippen molar-refractivity contribution >= 4 is 32.2 Å². The van der Waals surface area contributed by atoms with E-state index in [1.54, 1.807) is 13.8 Å². The van der Waals surface area contributed by atoms with Crippen molar-refractivity contribution in [1.29, 1.82) is 0 Å². The van der Waals surface area contributed by atoms with Crippen molar-refractivity contribution in [2.75, 3.05) is 11.5 Å². The zero-order chi connectivity index (χ0) is 14.6. The Balaban J connectivity index is 2.59. The van der Waals surface area contributed by atoms with E-state index in [0.29, 0.717) is 11.3 Å². The van der Waals surface area contributed by atoms with Gasteiger partial charge in [0.1, 0.15) is 5.82 Å². The first-order valence-corrected chi connectivity index (χ1v) is 9.20. The molecule has 108 valence electrons. The second-order valence-corrected chi connectivity index (χ2v) is 9.05. The Bertz CT molecular complexity index is 570. The van der Waals surface area contributed by atoms with Gasteiger partial charge in [-0.1, -0.05) is 11.6 Å². The quantitative estimate of drug-likeness (QED) is 0.807. The predicted octanol–water partition coefficient (Wildman–Crippen LogP) is 2.80. The lowest BCUT2D eigenvalue weighted by Crippen LogP contribution is -2.19. The van der Waals surface area contributed by atoms with E-state index in [9.17, 15) is 17.0 Å². The van der Waals surface area contributed by atoms with Crippen LogP contribution in [-0.2, 0) is 20.6 Å². The fourth-order valence-corrected chi connectivity index (χ4v) is 3.92. The highest BCUT2D eigenvalue weighted by atomic mass is 35.5. The monoisotopic (exact) mass is 326 g/mol. The minimum atomic E-state index is -3.11. The molecule has 1 aromatic carbocycles. The van der Waals surface area contributed by atoms with Crippen molar-refractivity contribution in [2.45, 2.75) is 30.4 Å². The number of benzene rings is 1. The highest BCUT2D eigenvalue weighted by Gasteiger charge is 2.16. The third-order valence-corrected chi connectivity index (χ3v) is 6.65. The van der Waals surface area contributed by atoms with E-state index in [1.807, 2.05) is 0 Å². The van der Waals surface area contributed by atoms with Crippen LogP contribution < -0.4 is 0 Å². The summed E-state index contributed by atoms with van der Waals surface area (Å²) in [4.78, 5) is 0.411. The Morgan fingerprint density at radius 1 is 1.37 bits per heavy atom. The molecule has 7 heteroatoms. The first-order valence-electron chi connectivity index (χ1n) is 5.79. The summed E-state index contributed by atoms with van der Waals surface area (Å²) >= 11 is 5.60. The molecule has 0 amide bonds. The summed E-state index contributed by atoms with van der Waals surface area (Å²) in [6.07, 6.45) is 0.308. The smallest absolute Gasteiger partial charge is 0.152 e. The SMILES string of the molecule is CC(C)S(=O)(=O)CCC[S@@](=O)c1ccc(F)c(Cl)c1. The largest absolute Gasteiger partial charge is 0.254 e. The normalized spacial score (nSPS) is 13.7. The number of hydrogen-bond acceptors (Lipinski definition) is 3. The van der Waals surface area contributed by atoms with Crippen LogP contribution in [0.1, 0.15) is 20.3 Å². The number of hydrogen-bond donors (Lipinski definition) is 0. The summed E-state index contributed by atoms with van der Waals surface area (Å²) in [7, 11) is -4.48. The van der Waals surface area contributed by atoms with E-state index in [1.165, 1.54) is 12.1 Å². The minimum absolute atomic E-state index is 0.00529. The van der Waals surface area contributed by atoms with Gasteiger partial charge in [-0.25, -0.2) is 12.8 Å². The van der Waals surface area contributed by atoms with Crippen molar-refractivity contribution in [3.05, 3.63) is 29.0 Å². The molecule has 0 aromatic heterocycles. The van der Waals surface area contributed by atoms with Crippen molar-refractivity contribution in [3.63, 3.8) is 0 Å². The molecule has 1 aromatic rings. The summed E-state index contributed by atoms with van der Waals surface area (Å²) in [6, 6.07) is 3.86. The molecule has 0 bridgehead atoms. The third kappa shape index (κ3) is 4.85. The molecule has 0 unspecified atom stereocenters. The van der Waals surface area contributed by atoms with E-state index in [4.69, 9.17) is 11.6 Å². The summed E-state index contributed by atoms with van der Waals surface area (Å²) in [6.45, 7) is 3.23. The predicted molar refractivity (Wildman–Crippen MR) is 76.2 cm³/mol. The molecule has 1 atom stereocenters. The van der Waals surface area contributed by atoms with Gasteiger partial charge in [-0.3, -0.25) is 4.21 Å². The van der Waals surface area contributed by atoms with Crippen LogP contribution in [0.4, 0.5) is 4.39 Å². The van der Waals surface area contributed by atoms with Crippen LogP contribution in [-0.4, -0.2) is 29.4 Å². The lowest BCUT2D eigenvalue weighted by Gasteiger charge is -2.07. The van der Waals surface area contributed by atoms with E-state index in [2.05, 4.69) is 0 Å². The minimum Gasteiger partial charge on any atom is -0.254 e. The zero-order valence-electron chi connectivity index (χ0n) is 10.7. The van der Waals surface area contributed by atoms with Crippen LogP contribution in [0.3, 0.4) is 0 Å². The van der Waals surface area contributed by atoms with E-state index < -0.39 is 31.7 Å². The van der Waals surface area contributed by atoms with Gasteiger partial charge in [-0.2, -0.15) is 0 Å². The number of sulfone groups is 1. The van der Waals surface area contributed by atoms with Crippen molar-refractivity contribution in [2.24, 2.45) is 0 Å². The number of halogens is 2. The topological polar surface area (TPSA) is 51.2 Å². The first kappa shape index (κ1) is 16.6. The van der Waals surface area contributed by atoms with Crippen LogP contribution in [0, 0.1) is 5.82 Å². The summed E-state index contributed by atoms with van der Waals surface area (Å²) < 4.78 is 48.0. The Morgan fingerprint density at radius 2 is 2.00 bits per heavy atom. The van der Waals surface area contributed by atoms with Gasteiger partial charge in [0.15, 0.2) is 9.84 Å². The van der Waals surface area contributed by atoms with Crippen molar-refractivity contribution < 1.29 is 17.0 Å². The fourth-order valence-electron chi connectivity index (χ4n) is 1.36. The summed E-state index contributed by atoms with van der Waals surface area (Å²) in [5, 5.41) is -0.512. The Labute approximate surface area is 120 Å². The molecular formula is C12H16ClFO3S2. The van der Waals surface area contributed by atoms with Gasteiger partial charge in [0.05, 0.1) is 26.8 Å². The highest BCUT2D eigenvalue weighted by Crippen LogP contribution is 2.19. The van der Waals surface area contributed by atoms with Crippen LogP contribution in [0.25, 0.3) is 0 Å². The average molecular weight is 327 g/mol. The molecule has 1 rings (SSSR count). The molecular weight excluding hydrogens is 311 g/mol. The third-order valence-electron chi connectivity index (χ3n) is 2.63. The van der Waals surface area contributed by atoms with Crippen LogP contribution >= 0.6 is 11.6 Å². The Morgan fingerprint density at radius 3 is 2.53 bits per heavy atom. The van der Waals surface area contributed by atoms with Gasteiger partial charge in [-0.15, -0.1) is 0 Å². The molecule has 0 aliphatic rings. The molecule has 0 aliphatic carbocycles. The van der Waals surface area contributed by atoms with Crippen LogP contribution in [0.5, 0.6) is 0 Å². The van der Waals surface area contributed by atoms with Gasteiger partial charge in [0.25, 0.3) is 0 Å². The first-order chi connectivity index (χ1) is 8.74. The van der Waals surface area contributed by atoms with Crippen LogP contribution in [0.2, 0.25) is 5.02 Å². The number of rotatable bonds is 6. The van der Waals surface area contributed by atoms with E-state index >= 15 is 0 Å². The lowest BCUT2D eigenvalue weighted by molar-refractivity contribution is 0.586. The summed E-state index contributed by atoms with van der Waals surface area (Å²) in [5.74, 6) is -0.344. The van der Waals surface area contributed by atoms with Gasteiger partial charge < -0.3 is 0 Å². The zero-order valence-corrected chi connectivity index (χ0v) is 13.1. The molecule has 19 heavy (non-hydrogen) atoms. The van der Waals surface area contributed by atoms with Gasteiger partial charge in [0, 0.05) is 10.6 Å². The maximum Gasteiger partial charge on any atom is 0.152 e. The van der Waals surface area contributed by atoms with Gasteiger partial charge >= 0.3 is 0 Å². The van der Waals surface area contributed by atoms with Gasteiger partial charge in [-0.05, 0) is 38.5 Å². The highest BCUT2D eigenvalue weighted by molar-refractivity contribution is 7.92. The van der Waals surface area contributed by atoms with E-state index in [0.717, 1.165) is 6.07 Å². The maximum atomic E-state index is 12.9. The second kappa shape index (κ2) is 6.81. The molecule has 0 fully saturated rings. The molecule has 3 nitrogen and oxygen atoms in total. The molecule has 0 saturated carbocycles. The van der Waals surface area contributed by atoms with Crippen LogP contribution in [0.15, 0.2) is 23.1 Å². The fraction of sp³-hybridized carbons (Fsp3) is 0.500. The molecule has 0 aliphatic heterocycles. The molecule has 0 spiro atoms. The second-order valence-electron chi connectivity index (χ2n) is 4.39. The van der Waals surface area contributed by atoms with Crippen molar-refractivity contribution in [1.82, 2.24) is 0 Å². The molecule has 0 radical (unpaired) electrons. The summed E-state index contributed by atoms with van der Waals surface area (Å²) in [5.41, 5.74) is 0. The lowest BCUT2D eigenvalue weighted by atomic mass is 10.3. The average Bonchev–Trinajstić information content (AvgIpc) is 2.32. The molecule has 0 heterocycles. The molecule has 0 saturated heterocycles. The van der Waals surface area contributed by atoms with Gasteiger partial charge in [0.2, 0.25) is 0 Å². The maximum absolute atomic E-state index is 12.9. The van der Waals surface area contributed by atoms with Crippen molar-refractivity contribution in [3.8, 4) is 0 Å². The Kier molecular flexibility index (Phi) is 5.95. The molecule has 0 N–H and O–H groups in total. The standard InChI is InChI=1S/C12H16ClFO3S2/c1-9(2)19(16,17)7-3-6-18(15)10-4-5-12(14)11(13)8-10/h4-5,8-9H,3,6-7H2,1-2H3/t18-/m1/s1.